The van der Waals surface area contributed by atoms with Gasteiger partial charge < -0.3 is 10.3 Å². The van der Waals surface area contributed by atoms with Gasteiger partial charge in [0, 0.05) is 29.5 Å². The number of quaternary nitrogens is 1. The molecule has 2 aromatic rings. The molecule has 1 heterocycles. The van der Waals surface area contributed by atoms with Gasteiger partial charge in [-0.05, 0) is 61.5 Å². The molecular formula is C22H32N3O2+. The first-order valence-electron chi connectivity index (χ1n) is 10.5. The number of aromatic amines is 1. The van der Waals surface area contributed by atoms with E-state index in [9.17, 15) is 10.1 Å². The summed E-state index contributed by atoms with van der Waals surface area (Å²) in [6.45, 7) is 7.12. The van der Waals surface area contributed by atoms with E-state index in [1.54, 1.807) is 12.1 Å². The number of aryl methyl sites for hydroxylation is 1. The molecule has 5 heteroatoms. The highest BCUT2D eigenvalue weighted by atomic mass is 16.6. The van der Waals surface area contributed by atoms with Gasteiger partial charge >= 0.3 is 0 Å². The normalized spacial score (nSPS) is 26.1. The minimum Gasteiger partial charge on any atom is -0.353 e. The number of nitrogens with zero attached hydrogens (tertiary/aromatic N) is 1. The largest absolute Gasteiger partial charge is 0.353 e. The molecule has 5 nitrogen and oxygen atoms in total. The lowest BCUT2D eigenvalue weighted by Crippen LogP contribution is -2.91. The number of aromatic nitrogens is 1. The number of hydrogen-bond donors (Lipinski definition) is 2. The van der Waals surface area contributed by atoms with E-state index < -0.39 is 0 Å². The minimum atomic E-state index is -0.293. The van der Waals surface area contributed by atoms with Gasteiger partial charge in [0.1, 0.15) is 6.04 Å². The average Bonchev–Trinajstić information content (AvgIpc) is 3.00. The first-order valence-corrected chi connectivity index (χ1v) is 10.5. The molecule has 0 radical (unpaired) electrons. The highest BCUT2D eigenvalue weighted by Crippen LogP contribution is 2.38. The lowest BCUT2D eigenvalue weighted by molar-refractivity contribution is -0.732. The fourth-order valence-electron chi connectivity index (χ4n) is 5.30. The third kappa shape index (κ3) is 3.62. The van der Waals surface area contributed by atoms with Crippen LogP contribution in [0.25, 0.3) is 10.9 Å². The van der Waals surface area contributed by atoms with E-state index in [1.165, 1.54) is 49.8 Å². The summed E-state index contributed by atoms with van der Waals surface area (Å²) in [6.07, 6.45) is 8.67. The molecule has 0 aliphatic heterocycles. The molecule has 0 saturated heterocycles. The second-order valence-corrected chi connectivity index (χ2v) is 9.67. The Hall–Kier alpha value is -1.88. The van der Waals surface area contributed by atoms with Crippen molar-refractivity contribution in [3.63, 3.8) is 0 Å². The van der Waals surface area contributed by atoms with E-state index in [2.05, 4.69) is 31.1 Å². The third-order valence-electron chi connectivity index (χ3n) is 6.95. The number of benzene rings is 1. The summed E-state index contributed by atoms with van der Waals surface area (Å²) in [5, 5.41) is 14.8. The van der Waals surface area contributed by atoms with Crippen LogP contribution in [0.4, 0.5) is 5.69 Å². The molecule has 2 aliphatic carbocycles. The molecule has 0 amide bonds. The van der Waals surface area contributed by atoms with Crippen molar-refractivity contribution in [2.45, 2.75) is 77.8 Å². The van der Waals surface area contributed by atoms with Gasteiger partial charge in [-0.25, -0.2) is 0 Å². The zero-order valence-electron chi connectivity index (χ0n) is 16.8. The van der Waals surface area contributed by atoms with Crippen molar-refractivity contribution in [3.8, 4) is 0 Å². The van der Waals surface area contributed by atoms with Crippen LogP contribution in [0.2, 0.25) is 0 Å². The standard InChI is InChI=1S/C22H31N3O2/c1-22(2,3)14-7-9-15(10-8-14)23-20-6-4-5-17-18-13-16(25(26)27)11-12-19(18)24-21(17)20/h11-15,20,23-24H,4-10H2,1-3H3/p+1/t14?,15?,20-/m1/s1. The smallest absolute Gasteiger partial charge is 0.270 e. The Labute approximate surface area is 161 Å². The van der Waals surface area contributed by atoms with Crippen LogP contribution in [0.3, 0.4) is 0 Å². The van der Waals surface area contributed by atoms with E-state index in [0.717, 1.165) is 23.2 Å². The van der Waals surface area contributed by atoms with Crippen molar-refractivity contribution >= 4 is 16.6 Å². The number of rotatable bonds is 3. The number of nitrogens with two attached hydrogens (primary N) is 1. The maximum Gasteiger partial charge on any atom is 0.270 e. The summed E-state index contributed by atoms with van der Waals surface area (Å²) in [5.74, 6) is 0.845. The maximum atomic E-state index is 11.1. The number of fused-ring (bicyclic) bond motifs is 3. The zero-order valence-corrected chi connectivity index (χ0v) is 16.8. The molecule has 1 atom stereocenters. The summed E-state index contributed by atoms with van der Waals surface area (Å²) in [6, 6.07) is 6.41. The Bertz CT molecular complexity index is 841. The molecule has 146 valence electrons. The lowest BCUT2D eigenvalue weighted by Gasteiger charge is -2.37. The second-order valence-electron chi connectivity index (χ2n) is 9.67. The van der Waals surface area contributed by atoms with Crippen LogP contribution in [0, 0.1) is 21.4 Å². The number of nitro groups is 1. The van der Waals surface area contributed by atoms with Gasteiger partial charge in [-0.15, -0.1) is 0 Å². The van der Waals surface area contributed by atoms with Gasteiger partial charge in [-0.3, -0.25) is 10.1 Å². The van der Waals surface area contributed by atoms with Gasteiger partial charge in [0.15, 0.2) is 0 Å². The third-order valence-corrected chi connectivity index (χ3v) is 6.95. The van der Waals surface area contributed by atoms with Crippen LogP contribution >= 0.6 is 0 Å². The molecule has 1 saturated carbocycles. The van der Waals surface area contributed by atoms with Crippen molar-refractivity contribution in [2.24, 2.45) is 11.3 Å². The maximum absolute atomic E-state index is 11.1. The van der Waals surface area contributed by atoms with Gasteiger partial charge in [0.25, 0.3) is 5.69 Å². The minimum absolute atomic E-state index is 0.191. The molecule has 2 aliphatic rings. The molecule has 1 fully saturated rings. The molecule has 4 rings (SSSR count). The first kappa shape index (κ1) is 18.5. The number of hydrogen-bond acceptors (Lipinski definition) is 2. The Morgan fingerprint density at radius 2 is 1.89 bits per heavy atom. The quantitative estimate of drug-likeness (QED) is 0.611. The summed E-state index contributed by atoms with van der Waals surface area (Å²) >= 11 is 0. The van der Waals surface area contributed by atoms with E-state index in [1.807, 2.05) is 6.07 Å². The number of non-ortho nitro benzene ring substituents is 1. The molecule has 0 bridgehead atoms. The van der Waals surface area contributed by atoms with Gasteiger partial charge in [-0.1, -0.05) is 20.8 Å². The first-order chi connectivity index (χ1) is 12.8. The molecule has 1 aromatic heterocycles. The monoisotopic (exact) mass is 370 g/mol. The van der Waals surface area contributed by atoms with Crippen molar-refractivity contribution in [1.82, 2.24) is 4.98 Å². The summed E-state index contributed by atoms with van der Waals surface area (Å²) in [5.41, 5.74) is 4.28. The van der Waals surface area contributed by atoms with Gasteiger partial charge in [0.05, 0.1) is 16.7 Å². The fourth-order valence-corrected chi connectivity index (χ4v) is 5.30. The highest BCUT2D eigenvalue weighted by Gasteiger charge is 2.34. The van der Waals surface area contributed by atoms with Crippen LogP contribution in [-0.2, 0) is 6.42 Å². The Morgan fingerprint density at radius 3 is 2.56 bits per heavy atom. The molecule has 27 heavy (non-hydrogen) atoms. The van der Waals surface area contributed by atoms with E-state index in [-0.39, 0.29) is 10.6 Å². The van der Waals surface area contributed by atoms with Crippen LogP contribution < -0.4 is 5.32 Å². The van der Waals surface area contributed by atoms with Crippen molar-refractivity contribution < 1.29 is 10.2 Å². The number of nitrogens with one attached hydrogen (secondary N) is 1. The molecule has 0 unspecified atom stereocenters. The average molecular weight is 371 g/mol. The van der Waals surface area contributed by atoms with Crippen LogP contribution in [0.5, 0.6) is 0 Å². The van der Waals surface area contributed by atoms with Gasteiger partial charge in [0.2, 0.25) is 0 Å². The molecular weight excluding hydrogens is 338 g/mol. The van der Waals surface area contributed by atoms with E-state index in [0.29, 0.717) is 17.5 Å². The number of H-pyrrole nitrogens is 1. The Balaban J connectivity index is 1.52. The lowest BCUT2D eigenvalue weighted by atomic mass is 9.71. The molecule has 3 N–H and O–H groups in total. The summed E-state index contributed by atoms with van der Waals surface area (Å²) in [4.78, 5) is 14.5. The second kappa shape index (κ2) is 6.93. The van der Waals surface area contributed by atoms with Crippen molar-refractivity contribution in [1.29, 1.82) is 0 Å². The topological polar surface area (TPSA) is 75.5 Å². The predicted molar refractivity (Wildman–Crippen MR) is 108 cm³/mol. The van der Waals surface area contributed by atoms with Gasteiger partial charge in [-0.2, -0.15) is 0 Å². The van der Waals surface area contributed by atoms with Crippen molar-refractivity contribution in [2.75, 3.05) is 0 Å². The van der Waals surface area contributed by atoms with Crippen LogP contribution in [0.1, 0.15) is 76.6 Å². The Morgan fingerprint density at radius 1 is 1.15 bits per heavy atom. The van der Waals surface area contributed by atoms with Crippen LogP contribution in [-0.4, -0.2) is 15.9 Å². The Kier molecular flexibility index (Phi) is 4.75. The fraction of sp³-hybridized carbons (Fsp3) is 0.636. The highest BCUT2D eigenvalue weighted by molar-refractivity contribution is 5.87. The predicted octanol–water partition coefficient (Wildman–Crippen LogP) is 4.62. The van der Waals surface area contributed by atoms with E-state index >= 15 is 0 Å². The molecule has 0 spiro atoms. The molecule has 1 aromatic carbocycles. The van der Waals surface area contributed by atoms with E-state index in [4.69, 9.17) is 0 Å². The number of nitro benzene ring substituents is 1. The SMILES string of the molecule is CC(C)(C)C1CCC([NH2+][C@@H]2CCCc3c2[nH]c2ccc([N+](=O)[O-])cc32)CC1. The van der Waals surface area contributed by atoms with Crippen LogP contribution in [0.15, 0.2) is 18.2 Å². The summed E-state index contributed by atoms with van der Waals surface area (Å²) in [7, 11) is 0. The zero-order chi connectivity index (χ0) is 19.2. The summed E-state index contributed by atoms with van der Waals surface area (Å²) < 4.78 is 0. The van der Waals surface area contributed by atoms with Crippen molar-refractivity contribution in [3.05, 3.63) is 39.6 Å².